The molecule has 0 aromatic rings. The van der Waals surface area contributed by atoms with Gasteiger partial charge in [0.1, 0.15) is 0 Å². The van der Waals surface area contributed by atoms with Gasteiger partial charge >= 0.3 is 39.0 Å². The standard InChI is InChI=1S/2C2H4O2.2CH2O2.2Zn/c2*1-2(3)4;2*2-1-3;;/h2*1H3,(H,3,4);2*1H,(H,2,3);;/q;;;;2*+2/p-4. The Morgan fingerprint density at radius 2 is 0.812 bits per heavy atom. The van der Waals surface area contributed by atoms with Crippen molar-refractivity contribution < 1.29 is 78.6 Å². The zero-order valence-electron chi connectivity index (χ0n) is 8.83. The zero-order chi connectivity index (χ0) is 12.6. The average molecular weight is 339 g/mol. The summed E-state index contributed by atoms with van der Waals surface area (Å²) in [6.07, 6.45) is 0. The van der Waals surface area contributed by atoms with Crippen LogP contribution in [0.3, 0.4) is 0 Å². The number of hydrogen-bond acceptors (Lipinski definition) is 8. The first-order valence-electron chi connectivity index (χ1n) is 2.76. The molecule has 10 heteroatoms. The fourth-order valence-electron chi connectivity index (χ4n) is 0. The van der Waals surface area contributed by atoms with Gasteiger partial charge in [0.05, 0.1) is 0 Å². The summed E-state index contributed by atoms with van der Waals surface area (Å²) in [5.74, 6) is -2.17. The molecule has 0 bridgehead atoms. The summed E-state index contributed by atoms with van der Waals surface area (Å²) < 4.78 is 0. The summed E-state index contributed by atoms with van der Waals surface area (Å²) in [5.41, 5.74) is 0. The van der Waals surface area contributed by atoms with Gasteiger partial charge in [-0.1, -0.05) is 0 Å². The summed E-state index contributed by atoms with van der Waals surface area (Å²) in [6, 6.07) is 0. The number of aliphatic carboxylic acids is 2. The first kappa shape index (κ1) is 36.2. The summed E-state index contributed by atoms with van der Waals surface area (Å²) in [4.78, 5) is 34.3. The van der Waals surface area contributed by atoms with Crippen molar-refractivity contribution in [1.29, 1.82) is 0 Å². The van der Waals surface area contributed by atoms with Crippen LogP contribution in [0.15, 0.2) is 0 Å². The average Bonchev–Trinajstić information content (AvgIpc) is 1.85. The van der Waals surface area contributed by atoms with Gasteiger partial charge in [-0.15, -0.1) is 0 Å². The number of hydrogen-bond donors (Lipinski definition) is 0. The molecule has 0 saturated carbocycles. The monoisotopic (exact) mass is 336 g/mol. The Morgan fingerprint density at radius 3 is 0.812 bits per heavy atom. The predicted octanol–water partition coefficient (Wildman–Crippen LogP) is -5.76. The molecule has 8 nitrogen and oxygen atoms in total. The van der Waals surface area contributed by atoms with Crippen LogP contribution in [0.5, 0.6) is 0 Å². The minimum atomic E-state index is -1.08. The van der Waals surface area contributed by atoms with Crippen LogP contribution < -0.4 is 20.4 Å². The maximum atomic E-state index is 8.89. The van der Waals surface area contributed by atoms with E-state index in [9.17, 15) is 0 Å². The van der Waals surface area contributed by atoms with Crippen LogP contribution in [-0.4, -0.2) is 24.9 Å². The zero-order valence-corrected chi connectivity index (χ0v) is 14.8. The predicted molar refractivity (Wildman–Crippen MR) is 33.5 cm³/mol. The second kappa shape index (κ2) is 47.9. The molecule has 0 fully saturated rings. The fourth-order valence-corrected chi connectivity index (χ4v) is 0. The van der Waals surface area contributed by atoms with E-state index in [4.69, 9.17) is 39.6 Å². The Hall–Kier alpha value is -0.873. The van der Waals surface area contributed by atoms with Gasteiger partial charge in [-0.05, 0) is 13.8 Å². The van der Waals surface area contributed by atoms with E-state index in [2.05, 4.69) is 0 Å². The molecule has 0 aliphatic rings. The maximum Gasteiger partial charge on any atom is 2.00 e. The van der Waals surface area contributed by atoms with E-state index in [-0.39, 0.29) is 39.0 Å². The molecule has 0 aromatic carbocycles. The van der Waals surface area contributed by atoms with Gasteiger partial charge in [-0.2, -0.15) is 0 Å². The molecule has 0 saturated heterocycles. The maximum absolute atomic E-state index is 8.89. The van der Waals surface area contributed by atoms with Crippen LogP contribution in [0.1, 0.15) is 13.8 Å². The van der Waals surface area contributed by atoms with Gasteiger partial charge in [0.25, 0.3) is 0 Å². The second-order valence-corrected chi connectivity index (χ2v) is 1.18. The van der Waals surface area contributed by atoms with E-state index in [0.29, 0.717) is 0 Å². The van der Waals surface area contributed by atoms with E-state index < -0.39 is 24.9 Å². The topological polar surface area (TPSA) is 161 Å². The molecule has 0 spiro atoms. The SMILES string of the molecule is CC(=O)[O-].CC(=O)[O-].O=C[O-].O=C[O-].[Zn+2].[Zn+2]. The summed E-state index contributed by atoms with van der Waals surface area (Å²) >= 11 is 0. The Labute approximate surface area is 117 Å². The van der Waals surface area contributed by atoms with Crippen LogP contribution >= 0.6 is 0 Å². The summed E-state index contributed by atoms with van der Waals surface area (Å²) in [6.45, 7) is 0.944. The quantitative estimate of drug-likeness (QED) is 0.311. The Morgan fingerprint density at radius 1 is 0.812 bits per heavy atom. The van der Waals surface area contributed by atoms with Crippen molar-refractivity contribution in [3.05, 3.63) is 0 Å². The number of carbonyl (C=O) groups is 4. The smallest absolute Gasteiger partial charge is 0.554 e. The van der Waals surface area contributed by atoms with Crippen LogP contribution in [0.4, 0.5) is 0 Å². The molecule has 0 aliphatic heterocycles. The van der Waals surface area contributed by atoms with Crippen LogP contribution in [-0.2, 0) is 58.1 Å². The second-order valence-electron chi connectivity index (χ2n) is 1.18. The Bertz CT molecular complexity index is 135. The van der Waals surface area contributed by atoms with Gasteiger partial charge in [0.2, 0.25) is 0 Å². The molecule has 0 atom stereocenters. The van der Waals surface area contributed by atoms with E-state index in [1.54, 1.807) is 0 Å². The molecular formula is C6H8O8Zn2. The van der Waals surface area contributed by atoms with Crippen molar-refractivity contribution in [2.24, 2.45) is 0 Å². The van der Waals surface area contributed by atoms with Crippen LogP contribution in [0, 0.1) is 0 Å². The number of carbonyl (C=O) groups excluding carboxylic acids is 4. The van der Waals surface area contributed by atoms with Crippen LogP contribution in [0.25, 0.3) is 0 Å². The van der Waals surface area contributed by atoms with Gasteiger partial charge < -0.3 is 39.6 Å². The van der Waals surface area contributed by atoms with Gasteiger partial charge in [-0.3, -0.25) is 0 Å². The molecule has 0 aromatic heterocycles. The minimum absolute atomic E-state index is 0. The first-order valence-corrected chi connectivity index (χ1v) is 2.76. The molecule has 0 aliphatic carbocycles. The van der Waals surface area contributed by atoms with Gasteiger partial charge in [-0.25, -0.2) is 0 Å². The van der Waals surface area contributed by atoms with E-state index in [1.165, 1.54) is 0 Å². The van der Waals surface area contributed by atoms with E-state index in [1.807, 2.05) is 0 Å². The number of carboxylic acid groups (broad SMARTS) is 4. The van der Waals surface area contributed by atoms with Gasteiger partial charge in [0, 0.05) is 24.9 Å². The molecule has 0 amide bonds. The Kier molecular flexibility index (Phi) is 109. The molecule has 16 heavy (non-hydrogen) atoms. The molecular weight excluding hydrogens is 331 g/mol. The van der Waals surface area contributed by atoms with Crippen LogP contribution in [0.2, 0.25) is 0 Å². The summed E-state index contributed by atoms with van der Waals surface area (Å²) in [5, 5.41) is 34.3. The minimum Gasteiger partial charge on any atom is -0.554 e. The van der Waals surface area contributed by atoms with E-state index in [0.717, 1.165) is 13.8 Å². The van der Waals surface area contributed by atoms with Crippen molar-refractivity contribution in [1.82, 2.24) is 0 Å². The normalized spacial score (nSPS) is 4.62. The van der Waals surface area contributed by atoms with Crippen molar-refractivity contribution in [3.8, 4) is 0 Å². The first-order chi connectivity index (χ1) is 6.29. The largest absolute Gasteiger partial charge is 2.00 e. The third kappa shape index (κ3) is 2530. The summed E-state index contributed by atoms with van der Waals surface area (Å²) in [7, 11) is 0. The molecule has 0 N–H and O–H groups in total. The van der Waals surface area contributed by atoms with Crippen molar-refractivity contribution in [3.63, 3.8) is 0 Å². The fraction of sp³-hybridized carbons (Fsp3) is 0.333. The van der Waals surface area contributed by atoms with Crippen molar-refractivity contribution in [2.75, 3.05) is 0 Å². The molecule has 0 heterocycles. The van der Waals surface area contributed by atoms with Gasteiger partial charge in [0.15, 0.2) is 0 Å². The molecule has 0 radical (unpaired) electrons. The molecule has 84 valence electrons. The number of carboxylic acids is 2. The molecule has 0 unspecified atom stereocenters. The molecule has 0 rings (SSSR count). The van der Waals surface area contributed by atoms with Crippen molar-refractivity contribution >= 4 is 24.9 Å². The van der Waals surface area contributed by atoms with Crippen molar-refractivity contribution in [2.45, 2.75) is 13.8 Å². The number of rotatable bonds is 0. The third-order valence-corrected chi connectivity index (χ3v) is 0. The third-order valence-electron chi connectivity index (χ3n) is 0. The van der Waals surface area contributed by atoms with E-state index >= 15 is 0 Å². The Balaban J connectivity index is -0.0000000202.